The number of hydrazone groups is 2. The molecule has 0 atom stereocenters. The first kappa shape index (κ1) is 34.7. The summed E-state index contributed by atoms with van der Waals surface area (Å²) in [5.41, 5.74) is 6.63. The number of aromatic nitrogens is 4. The van der Waals surface area contributed by atoms with E-state index in [1.54, 1.807) is 12.4 Å². The predicted octanol–water partition coefficient (Wildman–Crippen LogP) is 0.817. The molecule has 50 heavy (non-hydrogen) atoms. The average molecular weight is 720 g/mol. The monoisotopic (exact) mass is 720 g/mol. The van der Waals surface area contributed by atoms with Crippen LogP contribution in [0.15, 0.2) is 47.1 Å². The molecule has 264 valence electrons. The van der Waals surface area contributed by atoms with Gasteiger partial charge in [-0.2, -0.15) is 10.2 Å². The van der Waals surface area contributed by atoms with E-state index < -0.39 is 33.8 Å². The van der Waals surface area contributed by atoms with Crippen LogP contribution in [0.3, 0.4) is 0 Å². The zero-order valence-electron chi connectivity index (χ0n) is 28.1. The third kappa shape index (κ3) is 6.82. The number of H-pyrrole nitrogens is 2. The van der Waals surface area contributed by atoms with E-state index in [1.807, 2.05) is 38.4 Å². The highest BCUT2D eigenvalue weighted by molar-refractivity contribution is 7.91. The van der Waals surface area contributed by atoms with Gasteiger partial charge < -0.3 is 30.7 Å². The van der Waals surface area contributed by atoms with Crippen LogP contribution in [0.5, 0.6) is 0 Å². The maximum atomic E-state index is 12.0. The van der Waals surface area contributed by atoms with Crippen molar-refractivity contribution in [3.63, 3.8) is 0 Å². The Morgan fingerprint density at radius 2 is 1.10 bits per heavy atom. The lowest BCUT2D eigenvalue weighted by molar-refractivity contribution is 0.282. The van der Waals surface area contributed by atoms with E-state index in [4.69, 9.17) is 0 Å². The Hall–Kier alpha value is -3.73. The van der Waals surface area contributed by atoms with Gasteiger partial charge in [0.1, 0.15) is 11.3 Å². The standard InChI is InChI=1S/2C16H21BN4O3S/c2*1-2-5-25(23,24)9-10-6-11(7-10)15-14-12-3-4-18-16(12)19-8-13(14)17(22)21-20-15/h2*3-4,8,10-11,21-22H,2,5-7,9H2,1H3,(H,18,19). The van der Waals surface area contributed by atoms with Crippen LogP contribution in [0, 0.1) is 23.7 Å². The van der Waals surface area contributed by atoms with Crippen molar-refractivity contribution >= 4 is 78.2 Å². The van der Waals surface area contributed by atoms with Crippen molar-refractivity contribution in [1.29, 1.82) is 0 Å². The predicted molar refractivity (Wildman–Crippen MR) is 197 cm³/mol. The number of aromatic amines is 2. The second-order valence-electron chi connectivity index (χ2n) is 14.0. The van der Waals surface area contributed by atoms with Crippen LogP contribution in [0.25, 0.3) is 22.1 Å². The number of hydrogen-bond acceptors (Lipinski definition) is 12. The molecule has 8 rings (SSSR count). The van der Waals surface area contributed by atoms with Crippen molar-refractivity contribution in [1.82, 2.24) is 30.6 Å². The van der Waals surface area contributed by atoms with Gasteiger partial charge in [0, 0.05) is 81.0 Å². The van der Waals surface area contributed by atoms with Gasteiger partial charge in [-0.05, 0) is 62.5 Å². The summed E-state index contributed by atoms with van der Waals surface area (Å²) in [5, 5.41) is 36.5. The summed E-state index contributed by atoms with van der Waals surface area (Å²) in [6, 6.07) is 3.88. The number of nitrogens with zero attached hydrogens (tertiary/aromatic N) is 4. The van der Waals surface area contributed by atoms with E-state index in [0.29, 0.717) is 12.8 Å². The van der Waals surface area contributed by atoms with E-state index in [9.17, 15) is 26.9 Å². The molecule has 0 unspecified atom stereocenters. The molecule has 6 N–H and O–H groups in total. The third-order valence-corrected chi connectivity index (χ3v) is 14.2. The number of fused-ring (bicyclic) bond motifs is 6. The van der Waals surface area contributed by atoms with Gasteiger partial charge in [-0.3, -0.25) is 0 Å². The Balaban J connectivity index is 0.000000157. The largest absolute Gasteiger partial charge is 0.465 e. The van der Waals surface area contributed by atoms with E-state index in [2.05, 4.69) is 40.8 Å². The van der Waals surface area contributed by atoms with Crippen LogP contribution in [-0.4, -0.2) is 95.4 Å². The summed E-state index contributed by atoms with van der Waals surface area (Å²) < 4.78 is 48.0. The molecule has 18 heteroatoms. The molecule has 0 radical (unpaired) electrons. The van der Waals surface area contributed by atoms with Crippen molar-refractivity contribution in [3.8, 4) is 0 Å². The fourth-order valence-corrected chi connectivity index (χ4v) is 11.4. The van der Waals surface area contributed by atoms with Crippen molar-refractivity contribution in [2.24, 2.45) is 33.9 Å². The normalized spacial score (nSPS) is 23.0. The molecule has 4 aromatic rings. The highest BCUT2D eigenvalue weighted by Gasteiger charge is 2.41. The molecule has 2 aliphatic heterocycles. The minimum atomic E-state index is -2.95. The van der Waals surface area contributed by atoms with Crippen LogP contribution in [0.4, 0.5) is 0 Å². The quantitative estimate of drug-likeness (QED) is 0.127. The maximum Gasteiger partial charge on any atom is 0.465 e. The SMILES string of the molecule is CCCS(=O)(=O)CC1CC(C2=NNB(O)c3cnc4[nH]ccc4c32)C1.CCCS(=O)(=O)CC1CC(C2=NNB(O)c3cnc4[nH]ccc4c32)C1. The molecular weight excluding hydrogens is 678 g/mol. The topological polar surface area (TPSA) is 215 Å². The summed E-state index contributed by atoms with van der Waals surface area (Å²) in [6.45, 7) is 3.78. The highest BCUT2D eigenvalue weighted by Crippen LogP contribution is 2.40. The van der Waals surface area contributed by atoms with E-state index >= 15 is 0 Å². The molecule has 0 aromatic carbocycles. The summed E-state index contributed by atoms with van der Waals surface area (Å²) in [7, 11) is -7.64. The number of nitrogens with one attached hydrogen (secondary N) is 4. The number of pyridine rings is 2. The molecule has 0 amide bonds. The molecule has 0 spiro atoms. The van der Waals surface area contributed by atoms with Crippen molar-refractivity contribution in [2.45, 2.75) is 52.4 Å². The molecule has 2 aliphatic carbocycles. The van der Waals surface area contributed by atoms with Gasteiger partial charge in [-0.15, -0.1) is 0 Å². The molecule has 6 heterocycles. The second-order valence-corrected chi connectivity index (χ2v) is 18.5. The van der Waals surface area contributed by atoms with Gasteiger partial charge in [-0.25, -0.2) is 26.8 Å². The fraction of sp³-hybridized carbons (Fsp3) is 0.500. The summed E-state index contributed by atoms with van der Waals surface area (Å²) >= 11 is 0. The van der Waals surface area contributed by atoms with E-state index in [-0.39, 0.29) is 46.7 Å². The zero-order chi connectivity index (χ0) is 35.2. The summed E-state index contributed by atoms with van der Waals surface area (Å²) in [4.78, 5) is 14.8. The first-order chi connectivity index (χ1) is 24.0. The van der Waals surface area contributed by atoms with E-state index in [1.165, 1.54) is 0 Å². The molecule has 2 fully saturated rings. The Kier molecular flexibility index (Phi) is 9.56. The summed E-state index contributed by atoms with van der Waals surface area (Å²) in [5.74, 6) is 1.88. The van der Waals surface area contributed by atoms with Gasteiger partial charge in [0.25, 0.3) is 0 Å². The zero-order valence-corrected chi connectivity index (χ0v) is 29.8. The third-order valence-electron chi connectivity index (χ3n) is 10.2. The first-order valence-electron chi connectivity index (χ1n) is 17.3. The van der Waals surface area contributed by atoms with Crippen LogP contribution in [0.2, 0.25) is 0 Å². The molecule has 4 aliphatic rings. The molecule has 2 saturated carbocycles. The molecule has 14 nitrogen and oxygen atoms in total. The van der Waals surface area contributed by atoms with Gasteiger partial charge in [-0.1, -0.05) is 13.8 Å². The van der Waals surface area contributed by atoms with Crippen LogP contribution >= 0.6 is 0 Å². The average Bonchev–Trinajstić information content (AvgIpc) is 3.72. The van der Waals surface area contributed by atoms with Crippen LogP contribution < -0.4 is 21.6 Å². The van der Waals surface area contributed by atoms with Crippen LogP contribution in [0.1, 0.15) is 63.5 Å². The molecule has 4 aromatic heterocycles. The maximum absolute atomic E-state index is 12.0. The first-order valence-corrected chi connectivity index (χ1v) is 21.0. The smallest absolute Gasteiger partial charge is 0.428 e. The van der Waals surface area contributed by atoms with Crippen LogP contribution in [-0.2, 0) is 19.7 Å². The fourth-order valence-electron chi connectivity index (χ4n) is 7.83. The minimum absolute atomic E-state index is 0.197. The van der Waals surface area contributed by atoms with Gasteiger partial charge >= 0.3 is 14.1 Å². The summed E-state index contributed by atoms with van der Waals surface area (Å²) in [6.07, 6.45) is 11.6. The second kappa shape index (κ2) is 13.8. The Morgan fingerprint density at radius 3 is 1.48 bits per heavy atom. The highest BCUT2D eigenvalue weighted by atomic mass is 32.2. The van der Waals surface area contributed by atoms with Gasteiger partial charge in [0.2, 0.25) is 0 Å². The number of sulfone groups is 2. The lowest BCUT2D eigenvalue weighted by Crippen LogP contribution is -2.51. The van der Waals surface area contributed by atoms with E-state index in [0.717, 1.165) is 81.2 Å². The number of rotatable bonds is 10. The van der Waals surface area contributed by atoms with Gasteiger partial charge in [0.15, 0.2) is 19.7 Å². The Morgan fingerprint density at radius 1 is 0.700 bits per heavy atom. The number of hydrogen-bond donors (Lipinski definition) is 6. The molecule has 0 saturated heterocycles. The molecular formula is C32H42B2N8O6S2. The van der Waals surface area contributed by atoms with Gasteiger partial charge in [0.05, 0.1) is 22.9 Å². The van der Waals surface area contributed by atoms with Crippen molar-refractivity contribution in [2.75, 3.05) is 23.0 Å². The Labute approximate surface area is 292 Å². The van der Waals surface area contributed by atoms with Crippen molar-refractivity contribution < 1.29 is 26.9 Å². The Bertz CT molecular complexity index is 2020. The molecule has 0 bridgehead atoms. The lowest BCUT2D eigenvalue weighted by atomic mass is 9.65. The lowest BCUT2D eigenvalue weighted by Gasteiger charge is -2.37. The van der Waals surface area contributed by atoms with Crippen molar-refractivity contribution in [3.05, 3.63) is 48.0 Å². The minimum Gasteiger partial charge on any atom is -0.428 e.